The van der Waals surface area contributed by atoms with Crippen molar-refractivity contribution in [3.8, 4) is 5.69 Å². The lowest BCUT2D eigenvalue weighted by molar-refractivity contribution is -0.117. The Bertz CT molecular complexity index is 1680. The lowest BCUT2D eigenvalue weighted by Crippen LogP contribution is -2.52. The third-order valence-electron chi connectivity index (χ3n) is 6.68. The van der Waals surface area contributed by atoms with Crippen LogP contribution in [0, 0.1) is 12.7 Å². The summed E-state index contributed by atoms with van der Waals surface area (Å²) in [6.07, 6.45) is 1.30. The number of rotatable bonds is 7. The Hall–Kier alpha value is -3.97. The molecular formula is C25H27FN6O5S. The van der Waals surface area contributed by atoms with Gasteiger partial charge in [0.05, 0.1) is 17.9 Å². The maximum Gasteiger partial charge on any atom is 0.337 e. The van der Waals surface area contributed by atoms with Crippen molar-refractivity contribution >= 4 is 33.3 Å². The van der Waals surface area contributed by atoms with E-state index in [9.17, 15) is 27.2 Å². The third-order valence-corrected chi connectivity index (χ3v) is 7.73. The summed E-state index contributed by atoms with van der Waals surface area (Å²) in [7, 11) is -1.12. The largest absolute Gasteiger partial charge is 0.350 e. The minimum atomic E-state index is -3.84. The number of fused-ring (bicyclic) bond motifs is 1. The van der Waals surface area contributed by atoms with Crippen LogP contribution < -0.4 is 30.5 Å². The first-order chi connectivity index (χ1) is 18.0. The van der Waals surface area contributed by atoms with E-state index in [1.807, 2.05) is 0 Å². The van der Waals surface area contributed by atoms with E-state index in [4.69, 9.17) is 0 Å². The van der Waals surface area contributed by atoms with Crippen molar-refractivity contribution in [1.82, 2.24) is 13.9 Å². The van der Waals surface area contributed by atoms with Crippen molar-refractivity contribution in [2.45, 2.75) is 32.4 Å². The Balaban J connectivity index is 1.74. The van der Waals surface area contributed by atoms with Gasteiger partial charge in [-0.05, 0) is 49.6 Å². The first-order valence-electron chi connectivity index (χ1n) is 12.0. The van der Waals surface area contributed by atoms with Gasteiger partial charge in [-0.1, -0.05) is 18.2 Å². The lowest BCUT2D eigenvalue weighted by Gasteiger charge is -2.36. The molecule has 5 rings (SSSR count). The standard InChI is InChI=1S/C25H27FN6O5S/c1-15-7-8-16(20(26)11-15)13-30-14-21(33)29(3)23-22(30)24(34)32(18-9-10-18)25(35)31(23)19-6-4-5-17(12-19)28-38(36,37)27-2/h4-8,11-12,18,27-28H,9-10,13-14H2,1-3H3. The fraction of sp³-hybridized carbons (Fsp3) is 0.320. The van der Waals surface area contributed by atoms with Crippen LogP contribution in [0.15, 0.2) is 52.1 Å². The summed E-state index contributed by atoms with van der Waals surface area (Å²) in [5.74, 6) is -0.818. The number of nitrogens with one attached hydrogen (secondary N) is 2. The highest BCUT2D eigenvalue weighted by atomic mass is 32.2. The molecule has 2 N–H and O–H groups in total. The molecule has 0 bridgehead atoms. The predicted molar refractivity (Wildman–Crippen MR) is 142 cm³/mol. The SMILES string of the molecule is CNS(=O)(=O)Nc1cccc(-n2c3c(c(=O)n(C4CC4)c2=O)N(Cc2ccc(C)cc2F)CC(=O)N3C)c1. The Morgan fingerprint density at radius 3 is 2.47 bits per heavy atom. The number of amides is 1. The third kappa shape index (κ3) is 4.58. The molecule has 0 unspecified atom stereocenters. The Morgan fingerprint density at radius 2 is 1.82 bits per heavy atom. The van der Waals surface area contributed by atoms with E-state index in [2.05, 4.69) is 9.44 Å². The first kappa shape index (κ1) is 25.7. The minimum absolute atomic E-state index is 0.0364. The zero-order chi connectivity index (χ0) is 27.4. The molecule has 200 valence electrons. The number of benzene rings is 2. The first-order valence-corrected chi connectivity index (χ1v) is 13.5. The van der Waals surface area contributed by atoms with E-state index in [0.29, 0.717) is 18.4 Å². The summed E-state index contributed by atoms with van der Waals surface area (Å²) < 4.78 is 45.8. The topological polar surface area (TPSA) is 126 Å². The van der Waals surface area contributed by atoms with Crippen molar-refractivity contribution in [3.63, 3.8) is 0 Å². The van der Waals surface area contributed by atoms with Crippen LogP contribution in [0.2, 0.25) is 0 Å². The zero-order valence-electron chi connectivity index (χ0n) is 21.1. The molecule has 1 aromatic heterocycles. The highest BCUT2D eigenvalue weighted by molar-refractivity contribution is 7.90. The van der Waals surface area contributed by atoms with Crippen molar-refractivity contribution in [3.05, 3.63) is 80.2 Å². The highest BCUT2D eigenvalue weighted by Crippen LogP contribution is 2.37. The molecule has 0 spiro atoms. The molecule has 0 saturated heterocycles. The van der Waals surface area contributed by atoms with Crippen LogP contribution in [0.4, 0.5) is 21.6 Å². The molecule has 2 aromatic carbocycles. The lowest BCUT2D eigenvalue weighted by atomic mass is 10.1. The number of hydrogen-bond donors (Lipinski definition) is 2. The highest BCUT2D eigenvalue weighted by Gasteiger charge is 2.38. The summed E-state index contributed by atoms with van der Waals surface area (Å²) in [5, 5.41) is 0. The number of hydrogen-bond acceptors (Lipinski definition) is 6. The van der Waals surface area contributed by atoms with Crippen molar-refractivity contribution in [2.75, 3.05) is 35.2 Å². The van der Waals surface area contributed by atoms with E-state index in [0.717, 1.165) is 5.56 Å². The van der Waals surface area contributed by atoms with Gasteiger partial charge in [0.2, 0.25) is 5.91 Å². The number of halogens is 1. The quantitative estimate of drug-likeness (QED) is 0.468. The van der Waals surface area contributed by atoms with E-state index in [1.54, 1.807) is 31.2 Å². The van der Waals surface area contributed by atoms with Crippen LogP contribution in [-0.2, 0) is 21.5 Å². The van der Waals surface area contributed by atoms with E-state index in [-0.39, 0.29) is 42.0 Å². The van der Waals surface area contributed by atoms with Gasteiger partial charge in [0.15, 0.2) is 5.82 Å². The van der Waals surface area contributed by atoms with Gasteiger partial charge in [-0.25, -0.2) is 18.5 Å². The minimum Gasteiger partial charge on any atom is -0.350 e. The summed E-state index contributed by atoms with van der Waals surface area (Å²) in [6.45, 7) is 1.52. The second kappa shape index (κ2) is 9.40. The molecule has 1 saturated carbocycles. The van der Waals surface area contributed by atoms with Crippen LogP contribution in [0.5, 0.6) is 0 Å². The zero-order valence-corrected chi connectivity index (χ0v) is 21.9. The Kier molecular flexibility index (Phi) is 6.35. The van der Waals surface area contributed by atoms with Gasteiger partial charge in [0, 0.05) is 32.2 Å². The molecule has 38 heavy (non-hydrogen) atoms. The van der Waals surface area contributed by atoms with Crippen LogP contribution in [-0.4, -0.2) is 44.1 Å². The molecule has 3 aromatic rings. The van der Waals surface area contributed by atoms with E-state index >= 15 is 0 Å². The van der Waals surface area contributed by atoms with Crippen molar-refractivity contribution in [2.24, 2.45) is 0 Å². The molecule has 13 heteroatoms. The van der Waals surface area contributed by atoms with Crippen LogP contribution in [0.1, 0.15) is 30.0 Å². The van der Waals surface area contributed by atoms with Gasteiger partial charge >= 0.3 is 5.69 Å². The van der Waals surface area contributed by atoms with Gasteiger partial charge < -0.3 is 4.90 Å². The molecule has 11 nitrogen and oxygen atoms in total. The van der Waals surface area contributed by atoms with Crippen molar-refractivity contribution < 1.29 is 17.6 Å². The second-order valence-electron chi connectivity index (χ2n) is 9.46. The number of likely N-dealkylation sites (N-methyl/N-ethyl adjacent to an activating group) is 1. The summed E-state index contributed by atoms with van der Waals surface area (Å²) in [6, 6.07) is 10.5. The monoisotopic (exact) mass is 542 g/mol. The summed E-state index contributed by atoms with van der Waals surface area (Å²) in [5.41, 5.74) is 0.359. The molecule has 1 aliphatic heterocycles. The van der Waals surface area contributed by atoms with Gasteiger partial charge in [-0.3, -0.25) is 23.8 Å². The van der Waals surface area contributed by atoms with Gasteiger partial charge in [-0.2, -0.15) is 8.42 Å². The van der Waals surface area contributed by atoms with Crippen LogP contribution in [0.3, 0.4) is 0 Å². The molecule has 2 heterocycles. The van der Waals surface area contributed by atoms with Gasteiger partial charge in [0.1, 0.15) is 11.5 Å². The normalized spacial score (nSPS) is 15.5. The van der Waals surface area contributed by atoms with E-state index < -0.39 is 33.2 Å². The molecular weight excluding hydrogens is 515 g/mol. The molecule has 2 aliphatic rings. The molecule has 0 atom stereocenters. The maximum atomic E-state index is 14.8. The molecule has 1 aliphatic carbocycles. The van der Waals surface area contributed by atoms with Gasteiger partial charge in [-0.15, -0.1) is 0 Å². The number of anilines is 3. The number of aromatic nitrogens is 2. The maximum absolute atomic E-state index is 14.8. The number of carbonyl (C=O) groups is 1. The summed E-state index contributed by atoms with van der Waals surface area (Å²) in [4.78, 5) is 43.4. The average molecular weight is 543 g/mol. The van der Waals surface area contributed by atoms with Crippen molar-refractivity contribution in [1.29, 1.82) is 0 Å². The van der Waals surface area contributed by atoms with Crippen LogP contribution in [0.25, 0.3) is 5.69 Å². The molecule has 0 radical (unpaired) electrons. The van der Waals surface area contributed by atoms with Crippen LogP contribution >= 0.6 is 0 Å². The molecule has 1 amide bonds. The number of carbonyl (C=O) groups excluding carboxylic acids is 1. The Labute approximate surface area is 218 Å². The smallest absolute Gasteiger partial charge is 0.337 e. The fourth-order valence-corrected chi connectivity index (χ4v) is 5.12. The predicted octanol–water partition coefficient (Wildman–Crippen LogP) is 1.64. The number of nitrogens with zero attached hydrogens (tertiary/aromatic N) is 4. The average Bonchev–Trinajstić information content (AvgIpc) is 3.69. The van der Waals surface area contributed by atoms with E-state index in [1.165, 1.54) is 51.2 Å². The second-order valence-corrected chi connectivity index (χ2v) is 11.1. The van der Waals surface area contributed by atoms with Gasteiger partial charge in [0.25, 0.3) is 15.8 Å². The molecule has 1 fully saturated rings. The Morgan fingerprint density at radius 1 is 1.08 bits per heavy atom. The fourth-order valence-electron chi connectivity index (χ4n) is 4.58. The number of aryl methyl sites for hydroxylation is 1. The summed E-state index contributed by atoms with van der Waals surface area (Å²) >= 11 is 0.